The van der Waals surface area contributed by atoms with Crippen LogP contribution in [-0.4, -0.2) is 66.4 Å². The van der Waals surface area contributed by atoms with Crippen molar-refractivity contribution in [2.45, 2.75) is 51.9 Å². The molecule has 0 saturated carbocycles. The lowest BCUT2D eigenvalue weighted by Crippen LogP contribution is -2.55. The van der Waals surface area contributed by atoms with E-state index in [1.807, 2.05) is 49.6 Å². The number of ether oxygens (including phenoxy) is 2. The molecule has 2 atom stereocenters. The molecule has 30 heavy (non-hydrogen) atoms. The quantitative estimate of drug-likeness (QED) is 0.767. The number of hydrogen-bond acceptors (Lipinski definition) is 4. The topological polar surface area (TPSA) is 71.1 Å². The molecular weight excluding hydrogens is 382 g/mol. The van der Waals surface area contributed by atoms with E-state index in [1.54, 1.807) is 0 Å². The number of morpholine rings is 1. The maximum Gasteiger partial charge on any atom is 0.407 e. The fourth-order valence-electron chi connectivity index (χ4n) is 4.01. The van der Waals surface area contributed by atoms with Crippen LogP contribution in [0.2, 0.25) is 0 Å². The predicted molar refractivity (Wildman–Crippen MR) is 115 cm³/mol. The summed E-state index contributed by atoms with van der Waals surface area (Å²) in [6.45, 7) is 13.9. The van der Waals surface area contributed by atoms with Crippen molar-refractivity contribution in [2.75, 3.05) is 32.8 Å². The fourth-order valence-corrected chi connectivity index (χ4v) is 4.01. The molecule has 0 aliphatic carbocycles. The van der Waals surface area contributed by atoms with E-state index in [0.29, 0.717) is 32.8 Å². The number of nitrogens with one attached hydrogen (secondary N) is 1. The van der Waals surface area contributed by atoms with Crippen molar-refractivity contribution < 1.29 is 19.1 Å². The number of carbonyl (C=O) groups is 2. The van der Waals surface area contributed by atoms with Gasteiger partial charge in [-0.3, -0.25) is 0 Å². The van der Waals surface area contributed by atoms with Crippen LogP contribution in [0.1, 0.15) is 44.9 Å². The number of hydrogen-bond donors (Lipinski definition) is 1. The zero-order valence-corrected chi connectivity index (χ0v) is 18.4. The zero-order chi connectivity index (χ0) is 21.9. The van der Waals surface area contributed by atoms with Crippen molar-refractivity contribution >= 4 is 12.1 Å². The van der Waals surface area contributed by atoms with E-state index in [9.17, 15) is 9.59 Å². The third-order valence-electron chi connectivity index (χ3n) is 5.28. The van der Waals surface area contributed by atoms with Gasteiger partial charge in [0.1, 0.15) is 5.60 Å². The molecule has 1 aromatic carbocycles. The normalized spacial score (nSPS) is 21.6. The Morgan fingerprint density at radius 1 is 1.27 bits per heavy atom. The van der Waals surface area contributed by atoms with Gasteiger partial charge in [-0.2, -0.15) is 0 Å². The molecule has 1 N–H and O–H groups in total. The van der Waals surface area contributed by atoms with Crippen molar-refractivity contribution in [3.63, 3.8) is 0 Å². The Balaban J connectivity index is 1.63. The number of carbonyl (C=O) groups excluding carboxylic acids is 2. The highest BCUT2D eigenvalue weighted by molar-refractivity contribution is 5.76. The summed E-state index contributed by atoms with van der Waals surface area (Å²) >= 11 is 0. The monoisotopic (exact) mass is 415 g/mol. The molecule has 1 saturated heterocycles. The van der Waals surface area contributed by atoms with Crippen LogP contribution in [0, 0.1) is 0 Å². The highest BCUT2D eigenvalue weighted by Gasteiger charge is 2.35. The van der Waals surface area contributed by atoms with Crippen LogP contribution in [0.15, 0.2) is 36.4 Å². The summed E-state index contributed by atoms with van der Waals surface area (Å²) in [5.74, 6) is 0. The summed E-state index contributed by atoms with van der Waals surface area (Å²) in [6, 6.07) is 8.12. The van der Waals surface area contributed by atoms with E-state index in [1.165, 1.54) is 5.56 Å². The Labute approximate surface area is 179 Å². The lowest BCUT2D eigenvalue weighted by Gasteiger charge is -2.42. The van der Waals surface area contributed by atoms with Gasteiger partial charge in [0.15, 0.2) is 0 Å². The Bertz CT molecular complexity index is 802. The van der Waals surface area contributed by atoms with Crippen LogP contribution in [0.4, 0.5) is 9.59 Å². The Kier molecular flexibility index (Phi) is 6.71. The van der Waals surface area contributed by atoms with Gasteiger partial charge in [0.2, 0.25) is 0 Å². The SMILES string of the molecule is C=C(C)[C@H]1c2ccccc2CCN1C(=O)N1CCO[C@H](CNC(=O)OC(C)(C)C)C1. The molecule has 1 fully saturated rings. The van der Waals surface area contributed by atoms with E-state index >= 15 is 0 Å². The van der Waals surface area contributed by atoms with Crippen LogP contribution >= 0.6 is 0 Å². The van der Waals surface area contributed by atoms with Gasteiger partial charge in [-0.25, -0.2) is 9.59 Å². The molecule has 0 spiro atoms. The van der Waals surface area contributed by atoms with Crippen LogP contribution in [0.5, 0.6) is 0 Å². The first-order valence-electron chi connectivity index (χ1n) is 10.5. The van der Waals surface area contributed by atoms with Gasteiger partial charge in [-0.15, -0.1) is 0 Å². The van der Waals surface area contributed by atoms with Gasteiger partial charge in [0.25, 0.3) is 0 Å². The zero-order valence-electron chi connectivity index (χ0n) is 18.4. The van der Waals surface area contributed by atoms with Gasteiger partial charge < -0.3 is 24.6 Å². The second-order valence-electron chi connectivity index (χ2n) is 9.00. The van der Waals surface area contributed by atoms with Crippen molar-refractivity contribution in [1.29, 1.82) is 0 Å². The molecular formula is C23H33N3O4. The molecule has 0 bridgehead atoms. The third-order valence-corrected chi connectivity index (χ3v) is 5.28. The van der Waals surface area contributed by atoms with E-state index < -0.39 is 11.7 Å². The minimum Gasteiger partial charge on any atom is -0.444 e. The molecule has 3 rings (SSSR count). The summed E-state index contributed by atoms with van der Waals surface area (Å²) in [5.41, 5.74) is 2.82. The van der Waals surface area contributed by atoms with E-state index in [0.717, 1.165) is 17.6 Å². The number of amides is 3. The maximum atomic E-state index is 13.4. The molecule has 2 heterocycles. The standard InChI is InChI=1S/C23H33N3O4/c1-16(2)20-19-9-7-6-8-17(19)10-11-26(20)22(28)25-12-13-29-18(15-25)14-24-21(27)30-23(3,4)5/h6-9,18,20H,1,10-15H2,2-5H3,(H,24,27)/t18-,20+/m1/s1. The molecule has 0 radical (unpaired) electrons. The van der Waals surface area contributed by atoms with E-state index in [4.69, 9.17) is 9.47 Å². The first kappa shape index (κ1) is 22.2. The average molecular weight is 416 g/mol. The van der Waals surface area contributed by atoms with Crippen molar-refractivity contribution in [1.82, 2.24) is 15.1 Å². The number of fused-ring (bicyclic) bond motifs is 1. The fraction of sp³-hybridized carbons (Fsp3) is 0.565. The van der Waals surface area contributed by atoms with E-state index in [2.05, 4.69) is 24.0 Å². The van der Waals surface area contributed by atoms with Gasteiger partial charge in [0, 0.05) is 19.6 Å². The average Bonchev–Trinajstić information content (AvgIpc) is 2.69. The summed E-state index contributed by atoms with van der Waals surface area (Å²) in [5, 5.41) is 2.74. The number of rotatable bonds is 3. The summed E-state index contributed by atoms with van der Waals surface area (Å²) in [6.07, 6.45) is 0.0831. The molecule has 2 aliphatic heterocycles. The largest absolute Gasteiger partial charge is 0.444 e. The minimum absolute atomic E-state index is 0.0110. The van der Waals surface area contributed by atoms with Crippen LogP contribution < -0.4 is 5.32 Å². The van der Waals surface area contributed by atoms with Gasteiger partial charge >= 0.3 is 12.1 Å². The van der Waals surface area contributed by atoms with Gasteiger partial charge in [0.05, 0.1) is 25.3 Å². The Hall–Kier alpha value is -2.54. The summed E-state index contributed by atoms with van der Waals surface area (Å²) < 4.78 is 11.0. The Morgan fingerprint density at radius 2 is 2.00 bits per heavy atom. The van der Waals surface area contributed by atoms with Crippen LogP contribution in [0.25, 0.3) is 0 Å². The lowest BCUT2D eigenvalue weighted by molar-refractivity contribution is -0.0211. The van der Waals surface area contributed by atoms with Crippen molar-refractivity contribution in [2.24, 2.45) is 0 Å². The first-order chi connectivity index (χ1) is 14.2. The molecule has 0 unspecified atom stereocenters. The number of urea groups is 1. The molecule has 7 nitrogen and oxygen atoms in total. The maximum absolute atomic E-state index is 13.4. The molecule has 0 aromatic heterocycles. The lowest BCUT2D eigenvalue weighted by atomic mass is 9.89. The molecule has 1 aromatic rings. The molecule has 164 valence electrons. The minimum atomic E-state index is -0.554. The summed E-state index contributed by atoms with van der Waals surface area (Å²) in [7, 11) is 0. The number of benzene rings is 1. The highest BCUT2D eigenvalue weighted by Crippen LogP contribution is 2.35. The van der Waals surface area contributed by atoms with Crippen LogP contribution in [0.3, 0.4) is 0 Å². The predicted octanol–water partition coefficient (Wildman–Crippen LogP) is 3.51. The molecule has 2 aliphatic rings. The second-order valence-corrected chi connectivity index (χ2v) is 9.00. The number of nitrogens with zero attached hydrogens (tertiary/aromatic N) is 2. The molecule has 3 amide bonds. The Morgan fingerprint density at radius 3 is 2.70 bits per heavy atom. The van der Waals surface area contributed by atoms with Gasteiger partial charge in [-0.05, 0) is 45.2 Å². The van der Waals surface area contributed by atoms with Crippen LogP contribution in [-0.2, 0) is 15.9 Å². The third kappa shape index (κ3) is 5.33. The number of alkyl carbamates (subject to hydrolysis) is 1. The van der Waals surface area contributed by atoms with Crippen molar-refractivity contribution in [3.8, 4) is 0 Å². The first-order valence-corrected chi connectivity index (χ1v) is 10.5. The summed E-state index contributed by atoms with van der Waals surface area (Å²) in [4.78, 5) is 29.0. The van der Waals surface area contributed by atoms with Gasteiger partial charge in [-0.1, -0.05) is 36.4 Å². The van der Waals surface area contributed by atoms with Crippen molar-refractivity contribution in [3.05, 3.63) is 47.5 Å². The highest BCUT2D eigenvalue weighted by atomic mass is 16.6. The second kappa shape index (κ2) is 9.08. The smallest absolute Gasteiger partial charge is 0.407 e. The molecule has 7 heteroatoms. The van der Waals surface area contributed by atoms with E-state index in [-0.39, 0.29) is 18.2 Å².